The summed E-state index contributed by atoms with van der Waals surface area (Å²) in [4.78, 5) is 40.6. The van der Waals surface area contributed by atoms with E-state index in [0.717, 1.165) is 68.1 Å². The Hall–Kier alpha value is -4.46. The smallest absolute Gasteiger partial charge is 0.338 e. The van der Waals surface area contributed by atoms with Crippen LogP contribution >= 0.6 is 0 Å². The van der Waals surface area contributed by atoms with E-state index in [1.807, 2.05) is 26.0 Å². The van der Waals surface area contributed by atoms with E-state index in [1.54, 1.807) is 0 Å². The van der Waals surface area contributed by atoms with Crippen LogP contribution in [0, 0.1) is 20.8 Å². The predicted molar refractivity (Wildman–Crippen MR) is 163 cm³/mol. The van der Waals surface area contributed by atoms with Gasteiger partial charge >= 0.3 is 5.97 Å². The molecule has 2 aliphatic rings. The molecule has 41 heavy (non-hydrogen) atoms. The Bertz CT molecular complexity index is 1790. The van der Waals surface area contributed by atoms with Gasteiger partial charge in [0.1, 0.15) is 0 Å². The molecule has 0 unspecified atom stereocenters. The summed E-state index contributed by atoms with van der Waals surface area (Å²) in [5.74, 6) is -1.06. The monoisotopic (exact) mass is 552 g/mol. The number of rotatable bonds is 7. The van der Waals surface area contributed by atoms with Gasteiger partial charge in [-0.3, -0.25) is 9.78 Å². The van der Waals surface area contributed by atoms with Gasteiger partial charge in [0.2, 0.25) is 0 Å². The number of carbonyl (C=O) groups is 2. The van der Waals surface area contributed by atoms with Crippen molar-refractivity contribution in [2.75, 3.05) is 6.61 Å². The predicted octanol–water partition coefficient (Wildman–Crippen LogP) is 7.37. The zero-order chi connectivity index (χ0) is 29.6. The lowest BCUT2D eigenvalue weighted by Crippen LogP contribution is -2.08. The molecule has 0 aliphatic carbocycles. The summed E-state index contributed by atoms with van der Waals surface area (Å²) >= 11 is 0. The second-order valence-electron chi connectivity index (χ2n) is 10.9. The van der Waals surface area contributed by atoms with E-state index in [9.17, 15) is 14.7 Å². The van der Waals surface area contributed by atoms with Crippen LogP contribution in [-0.2, 0) is 9.53 Å². The number of hydrogen-bond donors (Lipinski definition) is 3. The average molecular weight is 553 g/mol. The van der Waals surface area contributed by atoms with Crippen molar-refractivity contribution in [2.24, 2.45) is 0 Å². The summed E-state index contributed by atoms with van der Waals surface area (Å²) in [5, 5.41) is 10.3. The molecule has 0 spiro atoms. The molecular weight excluding hydrogens is 516 g/mol. The number of H-pyrrole nitrogens is 2. The van der Waals surface area contributed by atoms with Crippen LogP contribution in [0.1, 0.15) is 101 Å². The van der Waals surface area contributed by atoms with Crippen LogP contribution in [0.4, 0.5) is 0 Å². The van der Waals surface area contributed by atoms with E-state index < -0.39 is 5.97 Å². The Labute approximate surface area is 239 Å². The van der Waals surface area contributed by atoms with Crippen molar-refractivity contribution < 1.29 is 19.4 Å². The Balaban J connectivity index is 1.97. The number of ether oxygens (including phenoxy) is 1. The van der Waals surface area contributed by atoms with E-state index in [-0.39, 0.29) is 24.0 Å². The van der Waals surface area contributed by atoms with Crippen molar-refractivity contribution in [3.8, 4) is 0 Å². The van der Waals surface area contributed by atoms with Crippen LogP contribution in [0.25, 0.3) is 39.3 Å². The van der Waals surface area contributed by atoms with Crippen molar-refractivity contribution in [3.05, 3.63) is 75.4 Å². The van der Waals surface area contributed by atoms with E-state index in [1.165, 1.54) is 0 Å². The van der Waals surface area contributed by atoms with Gasteiger partial charge < -0.3 is 19.8 Å². The molecule has 5 rings (SSSR count). The fourth-order valence-electron chi connectivity index (χ4n) is 6.29. The molecule has 8 nitrogen and oxygen atoms in total. The number of aryl methyl sites for hydroxylation is 3. The number of carbonyl (C=O) groups excluding carboxylic acids is 1. The molecule has 8 heteroatoms. The van der Waals surface area contributed by atoms with Crippen LogP contribution in [0.15, 0.2) is 24.8 Å². The third-order valence-corrected chi connectivity index (χ3v) is 8.71. The lowest BCUT2D eigenvalue weighted by atomic mass is 9.87. The first-order valence-electron chi connectivity index (χ1n) is 14.0. The highest BCUT2D eigenvalue weighted by molar-refractivity contribution is 6.02. The third kappa shape index (κ3) is 4.67. The molecule has 0 radical (unpaired) electrons. The molecule has 2 atom stereocenters. The quantitative estimate of drug-likeness (QED) is 0.208. The van der Waals surface area contributed by atoms with E-state index in [2.05, 4.69) is 56.4 Å². The maximum Gasteiger partial charge on any atom is 0.338 e. The second-order valence-corrected chi connectivity index (χ2v) is 10.9. The van der Waals surface area contributed by atoms with Gasteiger partial charge in [0, 0.05) is 45.3 Å². The number of carboxylic acids is 1. The van der Waals surface area contributed by atoms with E-state index >= 15 is 0 Å². The van der Waals surface area contributed by atoms with Gasteiger partial charge in [-0.1, -0.05) is 26.5 Å². The number of fused-ring (bicyclic) bond motifs is 8. The highest BCUT2D eigenvalue weighted by Gasteiger charge is 2.31. The van der Waals surface area contributed by atoms with Crippen molar-refractivity contribution in [1.29, 1.82) is 0 Å². The zero-order valence-electron chi connectivity index (χ0n) is 24.4. The summed E-state index contributed by atoms with van der Waals surface area (Å²) in [6.07, 6.45) is 3.21. The number of nitrogens with zero attached hydrogens (tertiary/aromatic N) is 2. The first-order chi connectivity index (χ1) is 19.6. The molecule has 0 aromatic carbocycles. The van der Waals surface area contributed by atoms with Gasteiger partial charge in [-0.15, -0.1) is 0 Å². The Morgan fingerprint density at radius 3 is 2.39 bits per heavy atom. The van der Waals surface area contributed by atoms with Crippen LogP contribution < -0.4 is 0 Å². The van der Waals surface area contributed by atoms with E-state index in [0.29, 0.717) is 29.5 Å². The largest absolute Gasteiger partial charge is 0.478 e. The van der Waals surface area contributed by atoms with Crippen molar-refractivity contribution in [2.45, 2.75) is 66.2 Å². The summed E-state index contributed by atoms with van der Waals surface area (Å²) in [5.41, 5.74) is 12.3. The first-order valence-corrected chi connectivity index (χ1v) is 14.0. The number of allylic oxidation sites excluding steroid dienone is 2. The molecule has 0 saturated heterocycles. The molecule has 2 aliphatic heterocycles. The molecule has 5 heterocycles. The molecule has 0 fully saturated rings. The average Bonchev–Trinajstić information content (AvgIpc) is 3.62. The van der Waals surface area contributed by atoms with E-state index in [4.69, 9.17) is 14.7 Å². The summed E-state index contributed by atoms with van der Waals surface area (Å²) in [6.45, 7) is 16.9. The van der Waals surface area contributed by atoms with Crippen molar-refractivity contribution in [1.82, 2.24) is 19.9 Å². The SMILES string of the molecule is C=Cc1c(C)c2cc3nc(c(C)c4[nH]c(cc5nc(cc1[nH]2)C(C)=C5CC)c(C)c4C(=O)O)[C@@H](CCOC=O)[C@@H]3C. The van der Waals surface area contributed by atoms with Crippen molar-refractivity contribution >= 4 is 51.7 Å². The van der Waals surface area contributed by atoms with Gasteiger partial charge in [0.05, 0.1) is 29.1 Å². The Morgan fingerprint density at radius 2 is 1.73 bits per heavy atom. The van der Waals surface area contributed by atoms with Crippen LogP contribution in [0.2, 0.25) is 0 Å². The van der Waals surface area contributed by atoms with Gasteiger partial charge in [-0.25, -0.2) is 9.78 Å². The lowest BCUT2D eigenvalue weighted by Gasteiger charge is -2.16. The number of aromatic nitrogens is 4. The zero-order valence-corrected chi connectivity index (χ0v) is 24.4. The van der Waals surface area contributed by atoms with Crippen LogP contribution in [-0.4, -0.2) is 44.1 Å². The number of carboxylic acid groups (broad SMARTS) is 1. The minimum absolute atomic E-state index is 0.0109. The molecule has 3 aromatic heterocycles. The molecule has 0 amide bonds. The summed E-state index contributed by atoms with van der Waals surface area (Å²) < 4.78 is 5.07. The molecule has 3 aromatic rings. The van der Waals surface area contributed by atoms with Gasteiger partial charge in [0.25, 0.3) is 6.47 Å². The molecule has 3 N–H and O–H groups in total. The molecule has 212 valence electrons. The molecule has 8 bridgehead atoms. The fourth-order valence-corrected chi connectivity index (χ4v) is 6.29. The number of nitrogens with one attached hydrogen (secondary N) is 2. The fraction of sp³-hybridized carbons (Fsp3) is 0.333. The van der Waals surface area contributed by atoms with Crippen molar-refractivity contribution in [3.63, 3.8) is 0 Å². The van der Waals surface area contributed by atoms with Gasteiger partial charge in [0.15, 0.2) is 0 Å². The Kier molecular flexibility index (Phi) is 7.43. The second kappa shape index (κ2) is 10.8. The topological polar surface area (TPSA) is 121 Å². The number of aromatic carboxylic acids is 1. The highest BCUT2D eigenvalue weighted by Crippen LogP contribution is 2.42. The maximum atomic E-state index is 12.6. The molecule has 0 saturated carbocycles. The third-order valence-electron chi connectivity index (χ3n) is 8.71. The van der Waals surface area contributed by atoms with Gasteiger partial charge in [-0.05, 0) is 86.6 Å². The Morgan fingerprint density at radius 1 is 1.02 bits per heavy atom. The maximum absolute atomic E-state index is 12.6. The van der Waals surface area contributed by atoms with Crippen LogP contribution in [0.5, 0.6) is 0 Å². The number of aromatic amines is 2. The summed E-state index contributed by atoms with van der Waals surface area (Å²) in [7, 11) is 0. The minimum atomic E-state index is -1.00. The number of hydrogen-bond acceptors (Lipinski definition) is 5. The highest BCUT2D eigenvalue weighted by atomic mass is 16.5. The summed E-state index contributed by atoms with van der Waals surface area (Å²) in [6, 6.07) is 6.08. The lowest BCUT2D eigenvalue weighted by molar-refractivity contribution is -0.128. The normalized spacial score (nSPS) is 16.6. The molecular formula is C33H36N4O4. The minimum Gasteiger partial charge on any atom is -0.478 e. The van der Waals surface area contributed by atoms with Crippen LogP contribution in [0.3, 0.4) is 0 Å². The first kappa shape index (κ1) is 28.1. The standard InChI is InChI=1S/C33H36N4O4/c1-8-21-16(3)24-12-26-18(5)23(10-11-41-15-38)31(36-26)20(7)32-30(33(39)40)19(6)27(37-32)14-29-22(9-2)17(4)25(35-29)13-28(21)34-24/h8,12-15,18,23,34,37H,1,9-11H2,2-7H3,(H,39,40)/t18-,23-/m0/s1. The van der Waals surface area contributed by atoms with Gasteiger partial charge in [-0.2, -0.15) is 0 Å².